The summed E-state index contributed by atoms with van der Waals surface area (Å²) in [5.74, 6) is -0.605. The van der Waals surface area contributed by atoms with Gasteiger partial charge in [-0.05, 0) is 110 Å². The number of ether oxygens (including phenoxy) is 2. The van der Waals surface area contributed by atoms with Crippen molar-refractivity contribution in [2.24, 2.45) is 27.6 Å². The van der Waals surface area contributed by atoms with E-state index in [4.69, 9.17) is 9.47 Å². The van der Waals surface area contributed by atoms with E-state index in [0.717, 1.165) is 68.1 Å². The molecule has 0 aliphatic heterocycles. The lowest BCUT2D eigenvalue weighted by molar-refractivity contribution is -0.177. The fraction of sp³-hybridized carbons (Fsp3) is 0.667. The van der Waals surface area contributed by atoms with E-state index in [1.165, 1.54) is 19.4 Å². The summed E-state index contributed by atoms with van der Waals surface area (Å²) in [5, 5.41) is 10.2. The molecule has 4 aliphatic carbocycles. The van der Waals surface area contributed by atoms with Crippen LogP contribution < -0.4 is 9.47 Å². The van der Waals surface area contributed by atoms with Gasteiger partial charge in [-0.2, -0.15) is 0 Å². The summed E-state index contributed by atoms with van der Waals surface area (Å²) in [6.07, 6.45) is 9.70. The summed E-state index contributed by atoms with van der Waals surface area (Å²) in [6.45, 7) is 16.2. The first-order valence-electron chi connectivity index (χ1n) is 14.5. The number of hydrogen-bond donors (Lipinski definition) is 1. The van der Waals surface area contributed by atoms with Crippen molar-refractivity contribution in [1.29, 1.82) is 0 Å². The van der Waals surface area contributed by atoms with Gasteiger partial charge in [0.15, 0.2) is 11.5 Å². The van der Waals surface area contributed by atoms with E-state index in [9.17, 15) is 19.5 Å². The van der Waals surface area contributed by atoms with Crippen LogP contribution in [-0.2, 0) is 26.2 Å². The number of allylic oxidation sites excluding steroid dienone is 2. The highest BCUT2D eigenvalue weighted by Gasteiger charge is 2.67. The molecule has 6 heteroatoms. The topological polar surface area (TPSA) is 89.9 Å². The molecule has 0 spiro atoms. The van der Waals surface area contributed by atoms with Gasteiger partial charge >= 0.3 is 17.9 Å². The molecule has 39 heavy (non-hydrogen) atoms. The second kappa shape index (κ2) is 8.68. The van der Waals surface area contributed by atoms with Gasteiger partial charge in [-0.1, -0.05) is 39.3 Å². The normalized spacial score (nSPS) is 38.8. The number of fused-ring (bicyclic) bond motifs is 7. The second-order valence-corrected chi connectivity index (χ2v) is 14.2. The Morgan fingerprint density at radius 3 is 2.15 bits per heavy atom. The number of carboxylic acid groups (broad SMARTS) is 1. The molecule has 6 nitrogen and oxygen atoms in total. The lowest BCUT2D eigenvalue weighted by Gasteiger charge is -2.69. The molecule has 3 saturated carbocycles. The SMILES string of the molecule is CC(=O)Oc1cc2c(c(C)c1OC(C)=O)CC=C1[C@@]2(C)CC[C@@]2(C)[C@H]3C[C@](C)(C(=O)O)CC[C@]3(C)CC[C@]12C. The maximum absolute atomic E-state index is 12.4. The Kier molecular flexibility index (Phi) is 6.22. The predicted molar refractivity (Wildman–Crippen MR) is 149 cm³/mol. The van der Waals surface area contributed by atoms with Gasteiger partial charge in [-0.3, -0.25) is 14.4 Å². The molecule has 5 rings (SSSR count). The number of carbonyl (C=O) groups is 3. The van der Waals surface area contributed by atoms with Gasteiger partial charge in [0.1, 0.15) is 0 Å². The van der Waals surface area contributed by atoms with Crippen LogP contribution in [0.4, 0.5) is 0 Å². The zero-order chi connectivity index (χ0) is 28.8. The van der Waals surface area contributed by atoms with Crippen molar-refractivity contribution in [3.05, 3.63) is 34.4 Å². The van der Waals surface area contributed by atoms with Crippen molar-refractivity contribution >= 4 is 17.9 Å². The Morgan fingerprint density at radius 2 is 1.54 bits per heavy atom. The van der Waals surface area contributed by atoms with Crippen LogP contribution in [0.3, 0.4) is 0 Å². The Hall–Kier alpha value is -2.63. The number of carboxylic acids is 1. The fourth-order valence-electron chi connectivity index (χ4n) is 9.37. The van der Waals surface area contributed by atoms with Crippen LogP contribution >= 0.6 is 0 Å². The summed E-state index contributed by atoms with van der Waals surface area (Å²) in [6, 6.07) is 1.94. The number of carbonyl (C=O) groups excluding carboxylic acids is 2. The molecule has 0 bridgehead atoms. The number of aliphatic carboxylic acids is 1. The van der Waals surface area contributed by atoms with Crippen molar-refractivity contribution in [2.45, 2.75) is 112 Å². The van der Waals surface area contributed by atoms with Crippen LogP contribution in [0.25, 0.3) is 0 Å². The average Bonchev–Trinajstić information content (AvgIpc) is 2.84. The molecule has 0 saturated heterocycles. The zero-order valence-corrected chi connectivity index (χ0v) is 24.9. The third kappa shape index (κ3) is 3.83. The molecule has 1 aromatic carbocycles. The molecule has 1 N–H and O–H groups in total. The molecule has 212 valence electrons. The number of hydrogen-bond acceptors (Lipinski definition) is 5. The maximum atomic E-state index is 12.4. The molecule has 4 aliphatic rings. The lowest BCUT2D eigenvalue weighted by atomic mass is 9.34. The van der Waals surface area contributed by atoms with Crippen LogP contribution in [-0.4, -0.2) is 23.0 Å². The lowest BCUT2D eigenvalue weighted by Crippen LogP contribution is -2.62. The first kappa shape index (κ1) is 27.9. The summed E-state index contributed by atoms with van der Waals surface area (Å²) in [4.78, 5) is 36.3. The van der Waals surface area contributed by atoms with Gasteiger partial charge in [-0.15, -0.1) is 0 Å². The van der Waals surface area contributed by atoms with Crippen molar-refractivity contribution in [1.82, 2.24) is 0 Å². The second-order valence-electron chi connectivity index (χ2n) is 14.2. The van der Waals surface area contributed by atoms with E-state index in [0.29, 0.717) is 17.4 Å². The molecular weight excluding hydrogens is 492 g/mol. The Morgan fingerprint density at radius 1 is 0.897 bits per heavy atom. The zero-order valence-electron chi connectivity index (χ0n) is 24.9. The minimum atomic E-state index is -0.678. The summed E-state index contributed by atoms with van der Waals surface area (Å²) in [7, 11) is 0. The first-order valence-corrected chi connectivity index (χ1v) is 14.5. The predicted octanol–water partition coefficient (Wildman–Crippen LogP) is 7.08. The van der Waals surface area contributed by atoms with Crippen LogP contribution in [0.5, 0.6) is 11.5 Å². The summed E-state index contributed by atoms with van der Waals surface area (Å²) < 4.78 is 11.2. The fourth-order valence-corrected chi connectivity index (χ4v) is 9.37. The Bertz CT molecular complexity index is 1310. The average molecular weight is 537 g/mol. The highest BCUT2D eigenvalue weighted by Crippen LogP contribution is 2.74. The van der Waals surface area contributed by atoms with E-state index < -0.39 is 23.3 Å². The Balaban J connectivity index is 1.63. The monoisotopic (exact) mass is 536 g/mol. The van der Waals surface area contributed by atoms with Gasteiger partial charge < -0.3 is 14.6 Å². The van der Waals surface area contributed by atoms with Crippen molar-refractivity contribution in [3.63, 3.8) is 0 Å². The van der Waals surface area contributed by atoms with E-state index in [2.05, 4.69) is 33.8 Å². The highest BCUT2D eigenvalue weighted by atomic mass is 16.6. The standard InChI is InChI=1S/C33H44O6/c1-19-22-9-10-25-31(6,23(22)17-24(38-20(2)34)27(19)39-21(3)35)14-16-33(8)26-18-30(5,28(36)37)12-11-29(26,4)13-15-32(25,33)7/h10,17,26H,9,11-16,18H2,1-8H3,(H,36,37)/t26-,29+,30+,31-,32+,33-/m0/s1. The van der Waals surface area contributed by atoms with E-state index in [1.807, 2.05) is 19.9 Å². The Labute approximate surface area is 232 Å². The largest absolute Gasteiger partial charge is 0.481 e. The first-order chi connectivity index (χ1) is 18.0. The van der Waals surface area contributed by atoms with Crippen molar-refractivity contribution < 1.29 is 29.0 Å². The van der Waals surface area contributed by atoms with Gasteiger partial charge in [0.25, 0.3) is 0 Å². The minimum absolute atomic E-state index is 0.0224. The minimum Gasteiger partial charge on any atom is -0.481 e. The van der Waals surface area contributed by atoms with Crippen molar-refractivity contribution in [2.75, 3.05) is 0 Å². The third-order valence-corrected chi connectivity index (χ3v) is 12.0. The van der Waals surface area contributed by atoms with E-state index >= 15 is 0 Å². The van der Waals surface area contributed by atoms with E-state index in [-0.39, 0.29) is 21.7 Å². The smallest absolute Gasteiger partial charge is 0.309 e. The quantitative estimate of drug-likeness (QED) is 0.252. The van der Waals surface area contributed by atoms with Gasteiger partial charge in [0.2, 0.25) is 0 Å². The molecule has 0 radical (unpaired) electrons. The molecule has 6 atom stereocenters. The third-order valence-electron chi connectivity index (χ3n) is 12.0. The van der Waals surface area contributed by atoms with Gasteiger partial charge in [0.05, 0.1) is 5.41 Å². The van der Waals surface area contributed by atoms with Crippen LogP contribution in [0.2, 0.25) is 0 Å². The molecule has 0 unspecified atom stereocenters. The highest BCUT2D eigenvalue weighted by molar-refractivity contribution is 5.76. The molecule has 0 amide bonds. The molecule has 1 aromatic rings. The summed E-state index contributed by atoms with van der Waals surface area (Å²) in [5.41, 5.74) is 3.69. The number of benzene rings is 1. The number of rotatable bonds is 3. The van der Waals surface area contributed by atoms with Gasteiger partial charge in [-0.25, -0.2) is 0 Å². The van der Waals surface area contributed by atoms with Crippen LogP contribution in [0, 0.1) is 34.5 Å². The van der Waals surface area contributed by atoms with E-state index in [1.54, 1.807) is 0 Å². The molecule has 0 heterocycles. The van der Waals surface area contributed by atoms with Crippen LogP contribution in [0.1, 0.15) is 110 Å². The van der Waals surface area contributed by atoms with Crippen molar-refractivity contribution in [3.8, 4) is 11.5 Å². The molecule has 0 aromatic heterocycles. The summed E-state index contributed by atoms with van der Waals surface area (Å²) >= 11 is 0. The molecule has 3 fully saturated rings. The number of esters is 2. The maximum Gasteiger partial charge on any atom is 0.309 e. The van der Waals surface area contributed by atoms with Gasteiger partial charge in [0, 0.05) is 19.3 Å². The van der Waals surface area contributed by atoms with Crippen LogP contribution in [0.15, 0.2) is 17.7 Å². The molecular formula is C33H44O6.